The lowest BCUT2D eigenvalue weighted by Crippen LogP contribution is -2.53. The van der Waals surface area contributed by atoms with Crippen molar-refractivity contribution in [2.45, 2.75) is 19.3 Å². The quantitative estimate of drug-likeness (QED) is 0.769. The lowest BCUT2D eigenvalue weighted by Gasteiger charge is -2.32. The van der Waals surface area contributed by atoms with E-state index in [2.05, 4.69) is 5.32 Å². The van der Waals surface area contributed by atoms with Crippen LogP contribution in [-0.4, -0.2) is 17.6 Å². The molecule has 1 aromatic rings. The van der Waals surface area contributed by atoms with Gasteiger partial charge in [0.05, 0.1) is 12.0 Å². The number of rotatable bonds is 1. The Balaban J connectivity index is 2.01. The molecule has 1 heterocycles. The lowest BCUT2D eigenvalue weighted by molar-refractivity contribution is -0.140. The number of carbonyl (C=O) groups is 3. The molecule has 1 N–H and O–H groups in total. The van der Waals surface area contributed by atoms with Crippen LogP contribution in [0.5, 0.6) is 0 Å². The normalized spacial score (nSPS) is 28.8. The summed E-state index contributed by atoms with van der Waals surface area (Å²) in [5.41, 5.74) is 0.0166. The van der Waals surface area contributed by atoms with E-state index in [4.69, 9.17) is 0 Å². The molecule has 0 spiro atoms. The molecular weight excluding hydrogens is 256 g/mol. The van der Waals surface area contributed by atoms with Gasteiger partial charge < -0.3 is 0 Å². The van der Waals surface area contributed by atoms with E-state index in [1.807, 2.05) is 18.2 Å². The molecule has 5 nitrogen and oxygen atoms in total. The Morgan fingerprint density at radius 2 is 2.00 bits per heavy atom. The highest BCUT2D eigenvalue weighted by Gasteiger charge is 2.54. The van der Waals surface area contributed by atoms with Crippen molar-refractivity contribution in [2.24, 2.45) is 11.3 Å². The molecule has 2 atom stereocenters. The van der Waals surface area contributed by atoms with Gasteiger partial charge in [0.15, 0.2) is 5.78 Å². The fourth-order valence-electron chi connectivity index (χ4n) is 3.08. The SMILES string of the molecule is N#CC1(C2Cc3ccccc3C2=O)CCC(=O)NC1=O. The minimum absolute atomic E-state index is 0.0967. The standard InChI is InChI=1S/C15H12N2O3/c16-8-15(6-5-12(18)17-14(15)20)11-7-9-3-1-2-4-10(9)13(11)19/h1-4,11H,5-7H2,(H,17,18,20). The molecule has 0 aromatic heterocycles. The molecule has 0 radical (unpaired) electrons. The molecule has 20 heavy (non-hydrogen) atoms. The van der Waals surface area contributed by atoms with Gasteiger partial charge in [0.2, 0.25) is 11.8 Å². The fraction of sp³-hybridized carbons (Fsp3) is 0.333. The summed E-state index contributed by atoms with van der Waals surface area (Å²) in [4.78, 5) is 35.9. The Hall–Kier alpha value is -2.48. The van der Waals surface area contributed by atoms with E-state index in [1.54, 1.807) is 12.1 Å². The second-order valence-electron chi connectivity index (χ2n) is 5.24. The van der Waals surface area contributed by atoms with Crippen LogP contribution in [0.15, 0.2) is 24.3 Å². The summed E-state index contributed by atoms with van der Waals surface area (Å²) in [6.45, 7) is 0. The van der Waals surface area contributed by atoms with Gasteiger partial charge in [0, 0.05) is 12.0 Å². The zero-order chi connectivity index (χ0) is 14.3. The maximum absolute atomic E-state index is 12.5. The first kappa shape index (κ1) is 12.5. The van der Waals surface area contributed by atoms with Crippen LogP contribution in [0.4, 0.5) is 0 Å². The van der Waals surface area contributed by atoms with Crippen molar-refractivity contribution < 1.29 is 14.4 Å². The van der Waals surface area contributed by atoms with E-state index in [-0.39, 0.29) is 24.5 Å². The van der Waals surface area contributed by atoms with E-state index in [0.717, 1.165) is 5.56 Å². The first-order chi connectivity index (χ1) is 9.58. The predicted molar refractivity (Wildman–Crippen MR) is 68.4 cm³/mol. The third kappa shape index (κ3) is 1.58. The van der Waals surface area contributed by atoms with Gasteiger partial charge >= 0.3 is 0 Å². The van der Waals surface area contributed by atoms with Crippen molar-refractivity contribution in [2.75, 3.05) is 0 Å². The van der Waals surface area contributed by atoms with Crippen LogP contribution in [0.3, 0.4) is 0 Å². The number of nitrogens with one attached hydrogen (secondary N) is 1. The molecule has 3 rings (SSSR count). The first-order valence-corrected chi connectivity index (χ1v) is 6.46. The van der Waals surface area contributed by atoms with Crippen LogP contribution in [0, 0.1) is 22.7 Å². The van der Waals surface area contributed by atoms with Crippen molar-refractivity contribution >= 4 is 17.6 Å². The van der Waals surface area contributed by atoms with Gasteiger partial charge in [-0.1, -0.05) is 24.3 Å². The number of carbonyl (C=O) groups excluding carboxylic acids is 3. The number of benzene rings is 1. The number of ketones is 1. The van der Waals surface area contributed by atoms with Gasteiger partial charge in [-0.25, -0.2) is 0 Å². The number of imide groups is 1. The third-order valence-corrected chi connectivity index (χ3v) is 4.22. The van der Waals surface area contributed by atoms with Crippen LogP contribution in [0.1, 0.15) is 28.8 Å². The monoisotopic (exact) mass is 268 g/mol. The van der Waals surface area contributed by atoms with E-state index < -0.39 is 17.2 Å². The van der Waals surface area contributed by atoms with Crippen molar-refractivity contribution in [3.8, 4) is 6.07 Å². The van der Waals surface area contributed by atoms with Crippen LogP contribution in [0.25, 0.3) is 0 Å². The molecule has 1 fully saturated rings. The van der Waals surface area contributed by atoms with Crippen LogP contribution in [-0.2, 0) is 16.0 Å². The minimum Gasteiger partial charge on any atom is -0.295 e. The highest BCUT2D eigenvalue weighted by molar-refractivity contribution is 6.09. The number of hydrogen-bond acceptors (Lipinski definition) is 4. The fourth-order valence-corrected chi connectivity index (χ4v) is 3.08. The molecule has 0 bridgehead atoms. The van der Waals surface area contributed by atoms with Crippen LogP contribution >= 0.6 is 0 Å². The molecule has 1 aliphatic carbocycles. The second kappa shape index (κ2) is 4.27. The number of piperidine rings is 1. The van der Waals surface area contributed by atoms with Gasteiger partial charge in [-0.15, -0.1) is 0 Å². The first-order valence-electron chi connectivity index (χ1n) is 6.46. The van der Waals surface area contributed by atoms with Gasteiger partial charge in [0.25, 0.3) is 0 Å². The number of amides is 2. The molecule has 0 saturated carbocycles. The number of hydrogen-bond donors (Lipinski definition) is 1. The Bertz CT molecular complexity index is 674. The van der Waals surface area contributed by atoms with Crippen molar-refractivity contribution in [1.29, 1.82) is 5.26 Å². The predicted octanol–water partition coefficient (Wildman–Crippen LogP) is 0.988. The van der Waals surface area contributed by atoms with Crippen molar-refractivity contribution in [3.05, 3.63) is 35.4 Å². The molecular formula is C15H12N2O3. The summed E-state index contributed by atoms with van der Waals surface area (Å²) in [5.74, 6) is -1.89. The Morgan fingerprint density at radius 1 is 1.25 bits per heavy atom. The van der Waals surface area contributed by atoms with E-state index >= 15 is 0 Å². The highest BCUT2D eigenvalue weighted by atomic mass is 16.2. The van der Waals surface area contributed by atoms with Crippen molar-refractivity contribution in [3.63, 3.8) is 0 Å². The number of fused-ring (bicyclic) bond motifs is 1. The van der Waals surface area contributed by atoms with E-state index in [1.165, 1.54) is 0 Å². The summed E-state index contributed by atoms with van der Waals surface area (Å²) < 4.78 is 0. The van der Waals surface area contributed by atoms with Crippen molar-refractivity contribution in [1.82, 2.24) is 5.32 Å². The second-order valence-corrected chi connectivity index (χ2v) is 5.24. The highest BCUT2D eigenvalue weighted by Crippen LogP contribution is 2.43. The molecule has 2 amide bonds. The summed E-state index contributed by atoms with van der Waals surface area (Å²) in [6.07, 6.45) is 0.585. The average molecular weight is 268 g/mol. The number of Topliss-reactive ketones (excluding diaryl/α,β-unsaturated/α-hetero) is 1. The minimum atomic E-state index is -1.43. The third-order valence-electron chi connectivity index (χ3n) is 4.22. The zero-order valence-corrected chi connectivity index (χ0v) is 10.7. The van der Waals surface area contributed by atoms with Gasteiger partial charge in [-0.3, -0.25) is 19.7 Å². The van der Waals surface area contributed by atoms with Crippen LogP contribution < -0.4 is 5.32 Å². The molecule has 1 aromatic carbocycles. The number of nitriles is 1. The molecule has 2 unspecified atom stereocenters. The molecule has 1 aliphatic heterocycles. The molecule has 2 aliphatic rings. The van der Waals surface area contributed by atoms with E-state index in [9.17, 15) is 19.6 Å². The summed E-state index contributed by atoms with van der Waals surface area (Å²) in [7, 11) is 0. The smallest absolute Gasteiger partial charge is 0.247 e. The van der Waals surface area contributed by atoms with Gasteiger partial charge in [0.1, 0.15) is 5.41 Å². The van der Waals surface area contributed by atoms with E-state index in [0.29, 0.717) is 12.0 Å². The molecule has 100 valence electrons. The Kier molecular flexibility index (Phi) is 2.68. The molecule has 1 saturated heterocycles. The summed E-state index contributed by atoms with van der Waals surface area (Å²) >= 11 is 0. The van der Waals surface area contributed by atoms with Gasteiger partial charge in [-0.05, 0) is 18.4 Å². The summed E-state index contributed by atoms with van der Waals surface area (Å²) in [6, 6.07) is 9.16. The maximum Gasteiger partial charge on any atom is 0.247 e. The Labute approximate surface area is 115 Å². The number of nitrogens with zero attached hydrogens (tertiary/aromatic N) is 1. The topological polar surface area (TPSA) is 87.0 Å². The molecule has 5 heteroatoms. The van der Waals surface area contributed by atoms with Crippen LogP contribution in [0.2, 0.25) is 0 Å². The Morgan fingerprint density at radius 3 is 2.65 bits per heavy atom. The lowest BCUT2D eigenvalue weighted by atomic mass is 9.69. The average Bonchev–Trinajstić information content (AvgIpc) is 2.78. The maximum atomic E-state index is 12.5. The zero-order valence-electron chi connectivity index (χ0n) is 10.7. The summed E-state index contributed by atoms with van der Waals surface area (Å²) in [5, 5.41) is 11.7. The largest absolute Gasteiger partial charge is 0.295 e. The van der Waals surface area contributed by atoms with Gasteiger partial charge in [-0.2, -0.15) is 5.26 Å².